The van der Waals surface area contributed by atoms with E-state index in [1.807, 2.05) is 48.8 Å². The van der Waals surface area contributed by atoms with Crippen LogP contribution >= 0.6 is 0 Å². The third-order valence-electron chi connectivity index (χ3n) is 5.18. The van der Waals surface area contributed by atoms with Gasteiger partial charge in [0.2, 0.25) is 0 Å². The molecule has 0 fully saturated rings. The maximum atomic E-state index is 12.7. The molecule has 4 heterocycles. The fourth-order valence-electron chi connectivity index (χ4n) is 3.82. The second-order valence-electron chi connectivity index (χ2n) is 7.21. The number of benzene rings is 1. The van der Waals surface area contributed by atoms with Crippen molar-refractivity contribution in [2.24, 2.45) is 0 Å². The summed E-state index contributed by atoms with van der Waals surface area (Å²) >= 11 is 0. The van der Waals surface area contributed by atoms with Crippen molar-refractivity contribution in [2.45, 2.75) is 20.3 Å². The van der Waals surface area contributed by atoms with Crippen LogP contribution in [0.4, 0.5) is 0 Å². The molecule has 0 aliphatic carbocycles. The van der Waals surface area contributed by atoms with Crippen LogP contribution in [0, 0.1) is 13.8 Å². The number of rotatable bonds is 2. The van der Waals surface area contributed by atoms with Gasteiger partial charge in [-0.3, -0.25) is 4.98 Å². The minimum Gasteiger partial charge on any atom is -0.421 e. The van der Waals surface area contributed by atoms with Crippen molar-refractivity contribution >= 4 is 22.0 Å². The number of nitrogens with one attached hydrogen (secondary N) is 1. The number of imidazole rings is 1. The van der Waals surface area contributed by atoms with Gasteiger partial charge in [0.1, 0.15) is 5.69 Å². The smallest absolute Gasteiger partial charge is 0.344 e. The lowest BCUT2D eigenvalue weighted by Crippen LogP contribution is -2.20. The number of aromatic nitrogens is 3. The van der Waals surface area contributed by atoms with Gasteiger partial charge in [-0.1, -0.05) is 18.2 Å². The van der Waals surface area contributed by atoms with E-state index in [0.29, 0.717) is 16.8 Å². The van der Waals surface area contributed by atoms with Crippen molar-refractivity contribution in [1.82, 2.24) is 19.7 Å². The van der Waals surface area contributed by atoms with Crippen LogP contribution < -0.4 is 10.9 Å². The van der Waals surface area contributed by atoms with Gasteiger partial charge in [0.15, 0.2) is 11.4 Å². The van der Waals surface area contributed by atoms with E-state index in [1.165, 1.54) is 5.57 Å². The molecule has 4 aromatic rings. The molecular weight excluding hydrogens is 352 g/mol. The molecule has 5 rings (SSSR count). The van der Waals surface area contributed by atoms with Crippen molar-refractivity contribution in [3.8, 4) is 11.5 Å². The van der Waals surface area contributed by atoms with E-state index < -0.39 is 0 Å². The third kappa shape index (κ3) is 2.82. The molecule has 0 bridgehead atoms. The van der Waals surface area contributed by atoms with E-state index >= 15 is 0 Å². The highest BCUT2D eigenvalue weighted by atomic mass is 16.4. The lowest BCUT2D eigenvalue weighted by atomic mass is 9.98. The summed E-state index contributed by atoms with van der Waals surface area (Å²) in [6, 6.07) is 7.88. The van der Waals surface area contributed by atoms with Crippen molar-refractivity contribution in [1.29, 1.82) is 0 Å². The van der Waals surface area contributed by atoms with Crippen molar-refractivity contribution in [2.75, 3.05) is 13.1 Å². The fourth-order valence-corrected chi connectivity index (χ4v) is 3.82. The van der Waals surface area contributed by atoms with E-state index in [0.717, 1.165) is 47.5 Å². The Bertz CT molecular complexity index is 1310. The summed E-state index contributed by atoms with van der Waals surface area (Å²) in [5, 5.41) is 4.76. The SMILES string of the molecule is Cc1cn2cc(-c3cc4ccc(C5=CCNCC5)cc4c(=O)o3)nc2c(C)n1. The molecule has 3 aromatic heterocycles. The van der Waals surface area contributed by atoms with Crippen molar-refractivity contribution < 1.29 is 4.42 Å². The first kappa shape index (κ1) is 16.9. The molecule has 0 saturated heterocycles. The van der Waals surface area contributed by atoms with Gasteiger partial charge >= 0.3 is 5.63 Å². The van der Waals surface area contributed by atoms with Gasteiger partial charge in [-0.05, 0) is 55.5 Å². The lowest BCUT2D eigenvalue weighted by Gasteiger charge is -2.14. The number of hydrogen-bond acceptors (Lipinski definition) is 5. The van der Waals surface area contributed by atoms with Crippen molar-refractivity contribution in [3.05, 3.63) is 70.1 Å². The van der Waals surface area contributed by atoms with Gasteiger partial charge < -0.3 is 14.1 Å². The van der Waals surface area contributed by atoms with E-state index in [9.17, 15) is 4.79 Å². The van der Waals surface area contributed by atoms with E-state index in [4.69, 9.17) is 4.42 Å². The van der Waals surface area contributed by atoms with E-state index in [1.54, 1.807) is 0 Å². The number of nitrogens with zero attached hydrogens (tertiary/aromatic N) is 3. The van der Waals surface area contributed by atoms with Gasteiger partial charge in [-0.25, -0.2) is 9.78 Å². The Morgan fingerprint density at radius 2 is 2.04 bits per heavy atom. The molecule has 1 aliphatic heterocycles. The zero-order valence-corrected chi connectivity index (χ0v) is 15.8. The van der Waals surface area contributed by atoms with Crippen LogP contribution in [0.15, 0.2) is 51.9 Å². The minimum atomic E-state index is -0.341. The van der Waals surface area contributed by atoms with E-state index in [-0.39, 0.29) is 5.63 Å². The first-order valence-electron chi connectivity index (χ1n) is 9.40. The summed E-state index contributed by atoms with van der Waals surface area (Å²) in [5.41, 5.74) is 5.15. The number of fused-ring (bicyclic) bond motifs is 2. The molecule has 0 saturated carbocycles. The standard InChI is InChI=1S/C22H20N4O2/c1-13-11-26-12-19(25-21(26)14(2)24-13)20-10-17-4-3-16(9-18(17)22(27)28-20)15-5-7-23-8-6-15/h3-5,9-12,23H,6-8H2,1-2H3. The first-order valence-corrected chi connectivity index (χ1v) is 9.40. The minimum absolute atomic E-state index is 0.341. The molecular formula is C22H20N4O2. The molecule has 0 atom stereocenters. The quantitative estimate of drug-likeness (QED) is 0.583. The van der Waals surface area contributed by atoms with Crippen LogP contribution in [0.2, 0.25) is 0 Å². The highest BCUT2D eigenvalue weighted by molar-refractivity contribution is 5.87. The molecule has 0 spiro atoms. The highest BCUT2D eigenvalue weighted by Crippen LogP contribution is 2.26. The molecule has 6 heteroatoms. The predicted octanol–water partition coefficient (Wildman–Crippen LogP) is 3.50. The Balaban J connectivity index is 1.63. The summed E-state index contributed by atoms with van der Waals surface area (Å²) in [5.74, 6) is 0.465. The lowest BCUT2D eigenvalue weighted by molar-refractivity contribution is 0.533. The maximum absolute atomic E-state index is 12.7. The normalized spacial score (nSPS) is 14.6. The average molecular weight is 372 g/mol. The van der Waals surface area contributed by atoms with Gasteiger partial charge in [0.25, 0.3) is 0 Å². The fraction of sp³-hybridized carbons (Fsp3) is 0.227. The zero-order chi connectivity index (χ0) is 19.3. The van der Waals surface area contributed by atoms with Crippen LogP contribution in [0.1, 0.15) is 23.4 Å². The molecule has 28 heavy (non-hydrogen) atoms. The van der Waals surface area contributed by atoms with Gasteiger partial charge in [-0.15, -0.1) is 0 Å². The Kier molecular flexibility index (Phi) is 3.87. The van der Waals surface area contributed by atoms with Crippen LogP contribution in [-0.4, -0.2) is 27.5 Å². The summed E-state index contributed by atoms with van der Waals surface area (Å²) in [4.78, 5) is 21.8. The number of hydrogen-bond donors (Lipinski definition) is 1. The van der Waals surface area contributed by atoms with Gasteiger partial charge in [-0.2, -0.15) is 0 Å². The Morgan fingerprint density at radius 1 is 1.14 bits per heavy atom. The monoisotopic (exact) mass is 372 g/mol. The summed E-state index contributed by atoms with van der Waals surface area (Å²) in [6.45, 7) is 5.69. The van der Waals surface area contributed by atoms with Crippen LogP contribution in [-0.2, 0) is 0 Å². The molecule has 1 aliphatic rings. The van der Waals surface area contributed by atoms with Crippen molar-refractivity contribution in [3.63, 3.8) is 0 Å². The zero-order valence-electron chi connectivity index (χ0n) is 15.8. The average Bonchev–Trinajstić information content (AvgIpc) is 3.13. The van der Waals surface area contributed by atoms with Gasteiger partial charge in [0, 0.05) is 18.9 Å². The Morgan fingerprint density at radius 3 is 2.86 bits per heavy atom. The summed E-state index contributed by atoms with van der Waals surface area (Å²) in [7, 11) is 0. The second kappa shape index (κ2) is 6.42. The maximum Gasteiger partial charge on any atom is 0.344 e. The number of aryl methyl sites for hydroxylation is 2. The molecule has 1 N–H and O–H groups in total. The topological polar surface area (TPSA) is 72.4 Å². The first-order chi connectivity index (χ1) is 13.6. The molecule has 1 aromatic carbocycles. The highest BCUT2D eigenvalue weighted by Gasteiger charge is 2.14. The third-order valence-corrected chi connectivity index (χ3v) is 5.18. The largest absolute Gasteiger partial charge is 0.421 e. The predicted molar refractivity (Wildman–Crippen MR) is 109 cm³/mol. The van der Waals surface area contributed by atoms with Crippen LogP contribution in [0.3, 0.4) is 0 Å². The summed E-state index contributed by atoms with van der Waals surface area (Å²) < 4.78 is 7.56. The molecule has 0 radical (unpaired) electrons. The van der Waals surface area contributed by atoms with Gasteiger partial charge in [0.05, 0.1) is 16.8 Å². The molecule has 0 unspecified atom stereocenters. The van der Waals surface area contributed by atoms with Crippen LogP contribution in [0.5, 0.6) is 0 Å². The summed E-state index contributed by atoms with van der Waals surface area (Å²) in [6.07, 6.45) is 6.92. The Hall–Kier alpha value is -3.25. The Labute approximate surface area is 161 Å². The molecule has 140 valence electrons. The molecule has 6 nitrogen and oxygen atoms in total. The van der Waals surface area contributed by atoms with E-state index in [2.05, 4.69) is 27.4 Å². The molecule has 0 amide bonds. The second-order valence-corrected chi connectivity index (χ2v) is 7.21. The van der Waals surface area contributed by atoms with Crippen LogP contribution in [0.25, 0.3) is 33.4 Å².